The van der Waals surface area contributed by atoms with Crippen molar-refractivity contribution in [1.29, 1.82) is 0 Å². The Labute approximate surface area is 159 Å². The fourth-order valence-corrected chi connectivity index (χ4v) is 7.40. The van der Waals surface area contributed by atoms with Crippen molar-refractivity contribution in [3.05, 3.63) is 11.6 Å². The van der Waals surface area contributed by atoms with E-state index in [4.69, 9.17) is 0 Å². The molecule has 0 aliphatic heterocycles. The van der Waals surface area contributed by atoms with Gasteiger partial charge in [0.2, 0.25) is 5.78 Å². The lowest BCUT2D eigenvalue weighted by Crippen LogP contribution is -2.57. The third-order valence-corrected chi connectivity index (χ3v) is 8.49. The molecule has 0 bridgehead atoms. The molecule has 4 rings (SSSR count). The predicted molar refractivity (Wildman–Crippen MR) is 97.8 cm³/mol. The van der Waals surface area contributed by atoms with Crippen LogP contribution < -0.4 is 0 Å². The van der Waals surface area contributed by atoms with Crippen molar-refractivity contribution in [3.63, 3.8) is 0 Å². The van der Waals surface area contributed by atoms with E-state index in [9.17, 15) is 24.3 Å². The van der Waals surface area contributed by atoms with Crippen LogP contribution in [0.5, 0.6) is 0 Å². The Kier molecular flexibility index (Phi) is 4.03. The molecule has 1 N–H and O–H groups in total. The highest BCUT2D eigenvalue weighted by molar-refractivity contribution is 6.33. The molecular weight excluding hydrogens is 344 g/mol. The molecule has 146 valence electrons. The van der Waals surface area contributed by atoms with E-state index < -0.39 is 23.1 Å². The average Bonchev–Trinajstić information content (AvgIpc) is 2.92. The maximum Gasteiger partial charge on any atom is 0.372 e. The zero-order valence-electron chi connectivity index (χ0n) is 16.3. The zero-order chi connectivity index (χ0) is 19.7. The highest BCUT2D eigenvalue weighted by Gasteiger charge is 2.64. The van der Waals surface area contributed by atoms with E-state index in [2.05, 4.69) is 13.8 Å². The summed E-state index contributed by atoms with van der Waals surface area (Å²) in [6, 6.07) is 0. The lowest BCUT2D eigenvalue weighted by Gasteiger charge is -2.58. The molecule has 0 radical (unpaired) electrons. The normalized spacial score (nSPS) is 46.2. The number of hydrogen-bond acceptors (Lipinski definition) is 4. The van der Waals surface area contributed by atoms with Gasteiger partial charge in [-0.15, -0.1) is 0 Å². The third-order valence-electron chi connectivity index (χ3n) is 8.49. The van der Waals surface area contributed by atoms with Crippen LogP contribution in [0.3, 0.4) is 0 Å². The lowest BCUT2D eigenvalue weighted by molar-refractivity contribution is -0.157. The Morgan fingerprint density at radius 1 is 1.19 bits per heavy atom. The number of allylic oxidation sites excluding steroid dienone is 1. The van der Waals surface area contributed by atoms with Crippen LogP contribution in [0.4, 0.5) is 0 Å². The van der Waals surface area contributed by atoms with E-state index in [0.717, 1.165) is 24.8 Å². The van der Waals surface area contributed by atoms with Crippen molar-refractivity contribution in [1.82, 2.24) is 0 Å². The molecule has 4 aliphatic carbocycles. The summed E-state index contributed by atoms with van der Waals surface area (Å²) >= 11 is 0. The van der Waals surface area contributed by atoms with Gasteiger partial charge in [0.05, 0.1) is 0 Å². The van der Waals surface area contributed by atoms with Crippen LogP contribution in [0.25, 0.3) is 0 Å². The first-order chi connectivity index (χ1) is 12.6. The molecule has 27 heavy (non-hydrogen) atoms. The van der Waals surface area contributed by atoms with E-state index >= 15 is 0 Å². The molecule has 0 aromatic heterocycles. The fourth-order valence-electron chi connectivity index (χ4n) is 7.40. The molecule has 7 atom stereocenters. The molecule has 0 unspecified atom stereocenters. The fraction of sp³-hybridized carbons (Fsp3) is 0.727. The first kappa shape index (κ1) is 18.6. The molecule has 4 aliphatic rings. The van der Waals surface area contributed by atoms with Gasteiger partial charge >= 0.3 is 5.97 Å². The quantitative estimate of drug-likeness (QED) is 0.752. The number of carboxylic acid groups (broad SMARTS) is 1. The van der Waals surface area contributed by atoms with E-state index in [1.54, 1.807) is 6.08 Å². The molecule has 0 saturated heterocycles. The molecule has 0 amide bonds. The minimum absolute atomic E-state index is 0.107. The van der Waals surface area contributed by atoms with Gasteiger partial charge in [0.25, 0.3) is 0 Å². The van der Waals surface area contributed by atoms with Crippen LogP contribution in [0.15, 0.2) is 11.6 Å². The van der Waals surface area contributed by atoms with Crippen molar-refractivity contribution in [2.45, 2.75) is 59.3 Å². The first-order valence-corrected chi connectivity index (χ1v) is 10.1. The number of carboxylic acids is 1. The van der Waals surface area contributed by atoms with Crippen molar-refractivity contribution >= 4 is 23.3 Å². The van der Waals surface area contributed by atoms with Crippen LogP contribution >= 0.6 is 0 Å². The summed E-state index contributed by atoms with van der Waals surface area (Å²) in [6.45, 7) is 6.26. The molecule has 0 aromatic carbocycles. The second kappa shape index (κ2) is 5.86. The molecule has 0 spiro atoms. The zero-order valence-corrected chi connectivity index (χ0v) is 16.3. The van der Waals surface area contributed by atoms with Gasteiger partial charge in [-0.3, -0.25) is 14.4 Å². The molecule has 3 fully saturated rings. The number of aliphatic carboxylic acids is 1. The summed E-state index contributed by atoms with van der Waals surface area (Å²) < 4.78 is 0. The molecule has 5 heteroatoms. The molecule has 3 saturated carbocycles. The third kappa shape index (κ3) is 2.43. The van der Waals surface area contributed by atoms with Gasteiger partial charge in [-0.25, -0.2) is 4.79 Å². The van der Waals surface area contributed by atoms with Gasteiger partial charge in [-0.1, -0.05) is 26.3 Å². The van der Waals surface area contributed by atoms with Gasteiger partial charge in [0.1, 0.15) is 5.78 Å². The average molecular weight is 372 g/mol. The number of fused-ring (bicyclic) bond motifs is 5. The second-order valence-corrected chi connectivity index (χ2v) is 9.82. The van der Waals surface area contributed by atoms with Crippen LogP contribution in [0.2, 0.25) is 0 Å². The number of Topliss-reactive ketones (excluding diaryl/α,β-unsaturated/α-hetero) is 2. The summed E-state index contributed by atoms with van der Waals surface area (Å²) in [5.74, 6) is -1.83. The molecule has 5 nitrogen and oxygen atoms in total. The van der Waals surface area contributed by atoms with Crippen LogP contribution in [-0.4, -0.2) is 28.4 Å². The topological polar surface area (TPSA) is 88.5 Å². The molecular formula is C22H28O5. The number of carbonyl (C=O) groups is 4. The Morgan fingerprint density at radius 2 is 1.89 bits per heavy atom. The maximum absolute atomic E-state index is 13.4. The number of rotatable bonds is 2. The van der Waals surface area contributed by atoms with Crippen LogP contribution in [-0.2, 0) is 19.2 Å². The summed E-state index contributed by atoms with van der Waals surface area (Å²) in [6.07, 6.45) is 5.51. The SMILES string of the molecule is C[C@H]1C[C@H]2[C@@H]3CC[C@H](C(=O)C(=O)O)[C@@]3(C)CC(=O)[C@@H]2[C@@]2(C)CCC(=O)C=C12. The smallest absolute Gasteiger partial charge is 0.372 e. The highest BCUT2D eigenvalue weighted by Crippen LogP contribution is 2.66. The number of ketones is 3. The van der Waals surface area contributed by atoms with Crippen LogP contribution in [0.1, 0.15) is 59.3 Å². The van der Waals surface area contributed by atoms with E-state index in [1.165, 1.54) is 0 Å². The predicted octanol–water partition coefficient (Wildman–Crippen LogP) is 3.21. The summed E-state index contributed by atoms with van der Waals surface area (Å²) in [7, 11) is 0. The number of hydrogen-bond donors (Lipinski definition) is 1. The van der Waals surface area contributed by atoms with Crippen molar-refractivity contribution < 1.29 is 24.3 Å². The van der Waals surface area contributed by atoms with Crippen molar-refractivity contribution in [2.24, 2.45) is 40.4 Å². The Morgan fingerprint density at radius 3 is 2.56 bits per heavy atom. The summed E-state index contributed by atoms with van der Waals surface area (Å²) in [4.78, 5) is 49.0. The molecule has 0 aromatic rings. The monoisotopic (exact) mass is 372 g/mol. The highest BCUT2D eigenvalue weighted by atomic mass is 16.4. The standard InChI is InChI=1S/C22H28O5/c1-11-8-13-14-4-5-15(19(25)20(26)27)22(14,3)10-17(24)18(13)21(2)7-6-12(23)9-16(11)21/h9,11,13-15,18H,4-8,10H2,1-3H3,(H,26,27)/t11-,13-,14-,15+,18+,21-,22-/m0/s1. The minimum atomic E-state index is -1.38. The largest absolute Gasteiger partial charge is 0.475 e. The number of carbonyl (C=O) groups excluding carboxylic acids is 3. The van der Waals surface area contributed by atoms with Gasteiger partial charge in [0, 0.05) is 24.7 Å². The molecule has 0 heterocycles. The van der Waals surface area contributed by atoms with Gasteiger partial charge in [0.15, 0.2) is 5.78 Å². The second-order valence-electron chi connectivity index (χ2n) is 9.82. The summed E-state index contributed by atoms with van der Waals surface area (Å²) in [5, 5.41) is 9.23. The van der Waals surface area contributed by atoms with Gasteiger partial charge in [-0.2, -0.15) is 0 Å². The first-order valence-electron chi connectivity index (χ1n) is 10.1. The minimum Gasteiger partial charge on any atom is -0.475 e. The van der Waals surface area contributed by atoms with Gasteiger partial charge < -0.3 is 5.11 Å². The van der Waals surface area contributed by atoms with Crippen molar-refractivity contribution in [3.8, 4) is 0 Å². The Bertz CT molecular complexity index is 780. The summed E-state index contributed by atoms with van der Waals surface area (Å²) in [5.41, 5.74) is 0.312. The lowest BCUT2D eigenvalue weighted by atomic mass is 9.45. The van der Waals surface area contributed by atoms with Crippen LogP contribution in [0, 0.1) is 40.4 Å². The van der Waals surface area contributed by atoms with E-state index in [1.807, 2.05) is 6.92 Å². The van der Waals surface area contributed by atoms with Crippen molar-refractivity contribution in [2.75, 3.05) is 0 Å². The Hall–Kier alpha value is -1.78. The van der Waals surface area contributed by atoms with Gasteiger partial charge in [-0.05, 0) is 60.3 Å². The Balaban J connectivity index is 1.75. The van der Waals surface area contributed by atoms with E-state index in [-0.39, 0.29) is 47.1 Å². The van der Waals surface area contributed by atoms with E-state index in [0.29, 0.717) is 12.8 Å². The maximum atomic E-state index is 13.4.